The standard InChI is InChI=1S/C30H40ClN7O5S.C25H32ClN7O3S.ClH/c1-19-18-38-26(33-27(19)36-14-11-21(12-15-36)32-29(40)43-30(2,3)4)17-24(34-38)25-8-6-7-13-37(25)28(39)22-16-20(31)9-10-23(22)35-44(5,41)42;1-16-15-33-23(28-24(16)31-11-8-18(27)9-12-31)14-21(29-33)22-5-3-4-10-32(22)25(34)19-13-17(26)6-7-20(19)30-37(2,35)36;/h9-10,16-18,21,25,35H,6-8,11-15H2,1-5H3,(H,32,40);6-7,13-15,18,22,30H,3-5,8-12,27H2,1-2H3;1H/t25-;22-;/m00./s1. The maximum atomic E-state index is 13.9. The number of aromatic nitrogens is 6. The van der Waals surface area contributed by atoms with Crippen LogP contribution in [0.4, 0.5) is 27.8 Å². The van der Waals surface area contributed by atoms with Gasteiger partial charge in [0.15, 0.2) is 11.3 Å². The molecule has 2 aromatic carbocycles. The molecule has 4 aliphatic heterocycles. The lowest BCUT2D eigenvalue weighted by atomic mass is 9.98. The minimum atomic E-state index is -3.61. The second-order valence-corrected chi connectivity index (χ2v) is 27.0. The predicted octanol–water partition coefficient (Wildman–Crippen LogP) is 8.70. The molecule has 10 rings (SSSR count). The fraction of sp³-hybridized carbons (Fsp3) is 0.509. The van der Waals surface area contributed by atoms with E-state index in [2.05, 4.69) is 24.6 Å². The van der Waals surface area contributed by atoms with E-state index < -0.39 is 31.7 Å². The molecule has 0 radical (unpaired) electrons. The van der Waals surface area contributed by atoms with Crippen molar-refractivity contribution in [3.05, 3.63) is 105 Å². The fourth-order valence-corrected chi connectivity index (χ4v) is 12.6. The molecule has 444 valence electrons. The Morgan fingerprint density at radius 3 is 1.44 bits per heavy atom. The number of amides is 3. The third-order valence-corrected chi connectivity index (χ3v) is 16.5. The van der Waals surface area contributed by atoms with E-state index in [0.29, 0.717) is 28.8 Å². The molecule has 0 bridgehead atoms. The van der Waals surface area contributed by atoms with Crippen molar-refractivity contribution in [1.29, 1.82) is 0 Å². The van der Waals surface area contributed by atoms with E-state index in [0.717, 1.165) is 143 Å². The van der Waals surface area contributed by atoms with E-state index in [1.54, 1.807) is 31.0 Å². The summed E-state index contributed by atoms with van der Waals surface area (Å²) < 4.78 is 61.6. The first-order valence-electron chi connectivity index (χ1n) is 27.4. The summed E-state index contributed by atoms with van der Waals surface area (Å²) in [6, 6.07) is 12.7. The van der Waals surface area contributed by atoms with Crippen molar-refractivity contribution in [1.82, 2.24) is 44.3 Å². The number of nitrogens with two attached hydrogens (primary N) is 1. The summed E-state index contributed by atoms with van der Waals surface area (Å²) in [7, 11) is -7.19. The highest BCUT2D eigenvalue weighted by Crippen LogP contribution is 2.37. The number of hydrogen-bond acceptors (Lipinski definition) is 15. The summed E-state index contributed by atoms with van der Waals surface area (Å²) in [6.07, 6.45) is 14.1. The third-order valence-electron chi connectivity index (χ3n) is 14.8. The highest BCUT2D eigenvalue weighted by Gasteiger charge is 2.35. The Morgan fingerprint density at radius 2 is 1.04 bits per heavy atom. The van der Waals surface area contributed by atoms with Crippen molar-refractivity contribution in [2.24, 2.45) is 5.73 Å². The van der Waals surface area contributed by atoms with Gasteiger partial charge in [0.1, 0.15) is 17.2 Å². The number of carbonyl (C=O) groups is 3. The molecule has 27 heteroatoms. The first kappa shape index (κ1) is 61.9. The van der Waals surface area contributed by atoms with Crippen LogP contribution >= 0.6 is 35.6 Å². The molecule has 6 aromatic rings. The van der Waals surface area contributed by atoms with Gasteiger partial charge in [-0.2, -0.15) is 10.2 Å². The van der Waals surface area contributed by atoms with E-state index in [-0.39, 0.29) is 70.9 Å². The molecular weight excluding hydrogens is 1160 g/mol. The van der Waals surface area contributed by atoms with E-state index in [9.17, 15) is 31.2 Å². The molecule has 4 saturated heterocycles. The summed E-state index contributed by atoms with van der Waals surface area (Å²) in [4.78, 5) is 57.8. The van der Waals surface area contributed by atoms with Gasteiger partial charge >= 0.3 is 6.09 Å². The Bertz CT molecular complexity index is 3560. The zero-order valence-corrected chi connectivity index (χ0v) is 51.2. The topological polar surface area (TPSA) is 264 Å². The van der Waals surface area contributed by atoms with Gasteiger partial charge in [-0.05, 0) is 135 Å². The van der Waals surface area contributed by atoms with Crippen LogP contribution in [-0.2, 0) is 24.8 Å². The van der Waals surface area contributed by atoms with E-state index in [4.69, 9.17) is 53.8 Å². The van der Waals surface area contributed by atoms with Crippen molar-refractivity contribution in [2.75, 3.05) is 71.0 Å². The number of anilines is 4. The smallest absolute Gasteiger partial charge is 0.407 e. The quantitative estimate of drug-likeness (QED) is 0.0945. The number of hydrogen-bond donors (Lipinski definition) is 4. The Kier molecular flexibility index (Phi) is 19.1. The fourth-order valence-electron chi connectivity index (χ4n) is 11.1. The summed E-state index contributed by atoms with van der Waals surface area (Å²) in [5.74, 6) is 1.21. The molecule has 0 unspecified atom stereocenters. The first-order chi connectivity index (χ1) is 38.3. The zero-order valence-electron chi connectivity index (χ0n) is 47.2. The molecule has 82 heavy (non-hydrogen) atoms. The average Bonchev–Trinajstić information content (AvgIpc) is 3.28. The van der Waals surface area contributed by atoms with Crippen LogP contribution in [0.25, 0.3) is 11.3 Å². The number of benzene rings is 2. The van der Waals surface area contributed by atoms with Gasteiger partial charge in [0.2, 0.25) is 20.0 Å². The second kappa shape index (κ2) is 25.4. The van der Waals surface area contributed by atoms with Gasteiger partial charge in [0, 0.05) is 97.1 Å². The molecule has 0 saturated carbocycles. The highest BCUT2D eigenvalue weighted by molar-refractivity contribution is 7.92. The summed E-state index contributed by atoms with van der Waals surface area (Å²) in [5.41, 5.74) is 11.2. The highest BCUT2D eigenvalue weighted by atomic mass is 35.5. The van der Waals surface area contributed by atoms with Crippen LogP contribution in [0.15, 0.2) is 60.9 Å². The number of piperidine rings is 4. The van der Waals surface area contributed by atoms with E-state index in [1.165, 1.54) is 24.3 Å². The van der Waals surface area contributed by atoms with Crippen molar-refractivity contribution >= 4 is 108 Å². The van der Waals surface area contributed by atoms with Crippen LogP contribution in [-0.4, -0.2) is 143 Å². The van der Waals surface area contributed by atoms with Crippen LogP contribution in [0, 0.1) is 13.8 Å². The number of carbonyl (C=O) groups excluding carboxylic acids is 3. The van der Waals surface area contributed by atoms with Crippen molar-refractivity contribution in [3.63, 3.8) is 0 Å². The molecule has 22 nitrogen and oxygen atoms in total. The minimum absolute atomic E-state index is 0. The molecule has 0 spiro atoms. The van der Waals surface area contributed by atoms with E-state index >= 15 is 0 Å². The maximum Gasteiger partial charge on any atom is 0.407 e. The molecule has 8 heterocycles. The van der Waals surface area contributed by atoms with Crippen molar-refractivity contribution in [3.8, 4) is 0 Å². The Hall–Kier alpha value is -6.18. The van der Waals surface area contributed by atoms with Gasteiger partial charge in [-0.1, -0.05) is 23.2 Å². The van der Waals surface area contributed by atoms with Crippen LogP contribution in [0.2, 0.25) is 10.0 Å². The molecule has 5 N–H and O–H groups in total. The monoisotopic (exact) mass is 1230 g/mol. The number of ether oxygens (including phenoxy) is 1. The van der Waals surface area contributed by atoms with Crippen LogP contribution in [0.5, 0.6) is 0 Å². The number of fused-ring (bicyclic) bond motifs is 2. The Morgan fingerprint density at radius 1 is 0.622 bits per heavy atom. The first-order valence-corrected chi connectivity index (χ1v) is 31.9. The van der Waals surface area contributed by atoms with Crippen molar-refractivity contribution < 1.29 is 36.0 Å². The van der Waals surface area contributed by atoms with Crippen LogP contribution in [0.1, 0.15) is 140 Å². The summed E-state index contributed by atoms with van der Waals surface area (Å²) in [5, 5.41) is 13.3. The summed E-state index contributed by atoms with van der Waals surface area (Å²) in [6.45, 7) is 13.8. The predicted molar refractivity (Wildman–Crippen MR) is 322 cm³/mol. The Labute approximate surface area is 495 Å². The molecule has 3 amide bonds. The van der Waals surface area contributed by atoms with E-state index in [1.807, 2.05) is 59.1 Å². The van der Waals surface area contributed by atoms with Crippen molar-refractivity contribution in [2.45, 2.75) is 129 Å². The van der Waals surface area contributed by atoms with Gasteiger partial charge < -0.3 is 35.4 Å². The number of halogens is 3. The molecule has 4 aliphatic rings. The Balaban J connectivity index is 0.000000215. The summed E-state index contributed by atoms with van der Waals surface area (Å²) >= 11 is 12.4. The lowest BCUT2D eigenvalue weighted by Crippen LogP contribution is -2.46. The lowest BCUT2D eigenvalue weighted by Gasteiger charge is -2.35. The SMILES string of the molecule is Cc1cn2nc([C@@H]3CCCCN3C(=O)c3cc(Cl)ccc3NS(C)(=O)=O)cc2nc1N1CCC(N)CC1.Cc1cn2nc([C@@H]3CCCCN3C(=O)c3cc(Cl)ccc3NS(C)(=O)=O)cc2nc1N1CCC(NC(=O)OC(C)(C)C)CC1.Cl. The minimum Gasteiger partial charge on any atom is -0.444 e. The lowest BCUT2D eigenvalue weighted by molar-refractivity contribution is 0.0495. The molecule has 4 aromatic heterocycles. The molecule has 0 aliphatic carbocycles. The maximum absolute atomic E-state index is 13.9. The largest absolute Gasteiger partial charge is 0.444 e. The normalized spacial score (nSPS) is 18.6. The number of aryl methyl sites for hydroxylation is 2. The second-order valence-electron chi connectivity index (χ2n) is 22.6. The number of alkyl carbamates (subject to hydrolysis) is 1. The van der Waals surface area contributed by atoms with Gasteiger partial charge in [0.05, 0.1) is 58.5 Å². The molecular formula is C55H73Cl3N14O8S2. The van der Waals surface area contributed by atoms with Gasteiger partial charge in [-0.3, -0.25) is 19.0 Å². The van der Waals surface area contributed by atoms with Crippen LogP contribution < -0.4 is 30.3 Å². The number of rotatable bonds is 11. The van der Waals surface area contributed by atoms with Crippen LogP contribution in [0.3, 0.4) is 0 Å². The number of nitrogens with zero attached hydrogens (tertiary/aromatic N) is 10. The molecule has 4 fully saturated rings. The van der Waals surface area contributed by atoms with Gasteiger partial charge in [-0.25, -0.2) is 40.6 Å². The number of sulfonamides is 2. The zero-order chi connectivity index (χ0) is 58.1. The molecule has 2 atom stereocenters. The number of nitrogens with one attached hydrogen (secondary N) is 3. The van der Waals surface area contributed by atoms with Gasteiger partial charge in [-0.15, -0.1) is 12.4 Å². The number of likely N-dealkylation sites (tertiary alicyclic amines) is 2. The van der Waals surface area contributed by atoms with Gasteiger partial charge in [0.25, 0.3) is 11.8 Å². The average molecular weight is 1230 g/mol. The third kappa shape index (κ3) is 15.1.